The second kappa shape index (κ2) is 10.8. The second-order valence-corrected chi connectivity index (χ2v) is 11.9. The molecule has 2 aromatic carbocycles. The summed E-state index contributed by atoms with van der Waals surface area (Å²) in [6.07, 6.45) is 13.9. The van der Waals surface area contributed by atoms with Crippen molar-refractivity contribution in [3.05, 3.63) is 58.1 Å². The van der Waals surface area contributed by atoms with E-state index in [4.69, 9.17) is 0 Å². The molecule has 2 aliphatic carbocycles. The van der Waals surface area contributed by atoms with Crippen LogP contribution in [-0.4, -0.2) is 0 Å². The fourth-order valence-electron chi connectivity index (χ4n) is 6.43. The Morgan fingerprint density at radius 1 is 0.636 bits per heavy atom. The van der Waals surface area contributed by atoms with Gasteiger partial charge in [-0.3, -0.25) is 0 Å². The summed E-state index contributed by atoms with van der Waals surface area (Å²) in [7, 11) is 0. The van der Waals surface area contributed by atoms with Gasteiger partial charge in [0.25, 0.3) is 0 Å². The van der Waals surface area contributed by atoms with Gasteiger partial charge in [-0.1, -0.05) is 104 Å². The number of rotatable bonds is 6. The first-order valence-electron chi connectivity index (χ1n) is 14.1. The highest BCUT2D eigenvalue weighted by molar-refractivity contribution is 5.74. The van der Waals surface area contributed by atoms with Crippen molar-refractivity contribution in [1.29, 1.82) is 0 Å². The molecule has 0 aliphatic heterocycles. The van der Waals surface area contributed by atoms with Crippen molar-refractivity contribution in [3.8, 4) is 11.1 Å². The minimum atomic E-state index is 0.515. The standard InChI is InChI=1S/C33H47/c1-22(2)28-20-30(23(3)4)33(31(21-28)24(5)6)27-17-18-29(25-13-9-7-10-14-25)32(19-27)26-15-11-8-12-16-26/h17-18,20-26H,7-16H2,1-6H3. The second-order valence-electron chi connectivity index (χ2n) is 11.9. The van der Waals surface area contributed by atoms with Crippen LogP contribution in [0.3, 0.4) is 0 Å². The average Bonchev–Trinajstić information content (AvgIpc) is 2.83. The van der Waals surface area contributed by atoms with E-state index in [1.807, 2.05) is 0 Å². The normalized spacial score (nSPS) is 18.6. The first-order chi connectivity index (χ1) is 15.9. The molecule has 0 heteroatoms. The van der Waals surface area contributed by atoms with Gasteiger partial charge in [0.1, 0.15) is 0 Å². The van der Waals surface area contributed by atoms with Gasteiger partial charge in [-0.05, 0) is 100 Å². The Morgan fingerprint density at radius 2 is 1.15 bits per heavy atom. The molecule has 0 bridgehead atoms. The van der Waals surface area contributed by atoms with Gasteiger partial charge in [0, 0.05) is 0 Å². The van der Waals surface area contributed by atoms with Crippen molar-refractivity contribution in [3.63, 3.8) is 0 Å². The van der Waals surface area contributed by atoms with Crippen LogP contribution in [0.5, 0.6) is 0 Å². The van der Waals surface area contributed by atoms with E-state index in [1.54, 1.807) is 11.1 Å². The van der Waals surface area contributed by atoms with Crippen LogP contribution in [0, 0.1) is 6.07 Å². The zero-order valence-electron chi connectivity index (χ0n) is 22.3. The first-order valence-corrected chi connectivity index (χ1v) is 14.1. The molecule has 0 saturated heterocycles. The van der Waals surface area contributed by atoms with Gasteiger partial charge in [-0.2, -0.15) is 0 Å². The highest BCUT2D eigenvalue weighted by atomic mass is 14.3. The largest absolute Gasteiger partial charge is 0.0587 e. The molecule has 2 saturated carbocycles. The molecule has 0 N–H and O–H groups in total. The molecule has 2 fully saturated rings. The van der Waals surface area contributed by atoms with E-state index >= 15 is 0 Å². The molecular formula is C33H47. The fourth-order valence-corrected chi connectivity index (χ4v) is 6.43. The third-order valence-electron chi connectivity index (χ3n) is 8.47. The zero-order chi connectivity index (χ0) is 23.5. The molecule has 0 amide bonds. The minimum Gasteiger partial charge on any atom is -0.0587 e. The van der Waals surface area contributed by atoms with Crippen LogP contribution in [0.2, 0.25) is 0 Å². The van der Waals surface area contributed by atoms with Gasteiger partial charge in [-0.15, -0.1) is 0 Å². The summed E-state index contributed by atoms with van der Waals surface area (Å²) in [4.78, 5) is 0. The van der Waals surface area contributed by atoms with E-state index < -0.39 is 0 Å². The van der Waals surface area contributed by atoms with Crippen LogP contribution in [0.1, 0.15) is 163 Å². The summed E-state index contributed by atoms with van der Waals surface area (Å²) in [5, 5.41) is 0. The zero-order valence-corrected chi connectivity index (χ0v) is 22.3. The Kier molecular flexibility index (Phi) is 8.03. The number of hydrogen-bond acceptors (Lipinski definition) is 0. The smallest absolute Gasteiger partial charge is 0.00582 e. The molecule has 0 heterocycles. The molecule has 4 rings (SSSR count). The monoisotopic (exact) mass is 443 g/mol. The lowest BCUT2D eigenvalue weighted by Gasteiger charge is -2.31. The highest BCUT2D eigenvalue weighted by Crippen LogP contribution is 2.44. The lowest BCUT2D eigenvalue weighted by atomic mass is 9.74. The predicted octanol–water partition coefficient (Wildman–Crippen LogP) is 10.6. The maximum absolute atomic E-state index is 4.14. The third-order valence-corrected chi connectivity index (χ3v) is 8.47. The van der Waals surface area contributed by atoms with Crippen LogP contribution in [0.4, 0.5) is 0 Å². The Hall–Kier alpha value is -1.56. The van der Waals surface area contributed by atoms with Crippen molar-refractivity contribution < 1.29 is 0 Å². The van der Waals surface area contributed by atoms with Gasteiger partial charge >= 0.3 is 0 Å². The summed E-state index contributed by atoms with van der Waals surface area (Å²) in [5.41, 5.74) is 10.6. The number of hydrogen-bond donors (Lipinski definition) is 0. The van der Waals surface area contributed by atoms with Crippen molar-refractivity contribution in [2.24, 2.45) is 0 Å². The van der Waals surface area contributed by atoms with Crippen molar-refractivity contribution in [2.45, 2.75) is 135 Å². The summed E-state index contributed by atoms with van der Waals surface area (Å²) in [6, 6.07) is 14.1. The van der Waals surface area contributed by atoms with Gasteiger partial charge in [0.2, 0.25) is 0 Å². The molecule has 0 aromatic heterocycles. The van der Waals surface area contributed by atoms with Crippen LogP contribution in [0.25, 0.3) is 11.1 Å². The molecule has 2 aliphatic rings. The highest BCUT2D eigenvalue weighted by Gasteiger charge is 2.26. The van der Waals surface area contributed by atoms with Gasteiger partial charge in [0.05, 0.1) is 0 Å². The Balaban J connectivity index is 1.88. The lowest BCUT2D eigenvalue weighted by Crippen LogP contribution is -2.13. The van der Waals surface area contributed by atoms with Crippen LogP contribution in [0.15, 0.2) is 24.3 Å². The molecular weight excluding hydrogens is 396 g/mol. The van der Waals surface area contributed by atoms with Crippen LogP contribution >= 0.6 is 0 Å². The fraction of sp³-hybridized carbons (Fsp3) is 0.636. The Bertz CT molecular complexity index is 888. The van der Waals surface area contributed by atoms with E-state index in [-0.39, 0.29) is 0 Å². The van der Waals surface area contributed by atoms with Gasteiger partial charge < -0.3 is 0 Å². The Labute approximate surface area is 204 Å². The summed E-state index contributed by atoms with van der Waals surface area (Å²) < 4.78 is 0. The topological polar surface area (TPSA) is 0 Å². The van der Waals surface area contributed by atoms with Crippen LogP contribution < -0.4 is 0 Å². The van der Waals surface area contributed by atoms with Gasteiger partial charge in [-0.25, -0.2) is 0 Å². The summed E-state index contributed by atoms with van der Waals surface area (Å²) in [5.74, 6) is 3.07. The number of benzene rings is 2. The van der Waals surface area contributed by atoms with E-state index in [2.05, 4.69) is 71.9 Å². The SMILES string of the molecule is CC(C)c1cc(C(C)C)c(-c2[c]c(C3CCCCC3)c(C3CCCCC3)cc2)c(C(C)C)c1. The molecule has 1 radical (unpaired) electrons. The van der Waals surface area contributed by atoms with E-state index in [0.29, 0.717) is 17.8 Å². The maximum atomic E-state index is 4.14. The summed E-state index contributed by atoms with van der Waals surface area (Å²) >= 11 is 0. The predicted molar refractivity (Wildman–Crippen MR) is 145 cm³/mol. The maximum Gasteiger partial charge on any atom is -0.00582 e. The van der Waals surface area contributed by atoms with Crippen molar-refractivity contribution in [1.82, 2.24) is 0 Å². The van der Waals surface area contributed by atoms with E-state index in [9.17, 15) is 0 Å². The molecule has 0 atom stereocenters. The first kappa shape index (κ1) is 24.6. The van der Waals surface area contributed by atoms with E-state index in [0.717, 1.165) is 11.8 Å². The molecule has 2 aromatic rings. The molecule has 0 spiro atoms. The molecule has 0 unspecified atom stereocenters. The van der Waals surface area contributed by atoms with Crippen LogP contribution in [-0.2, 0) is 0 Å². The third kappa shape index (κ3) is 5.41. The van der Waals surface area contributed by atoms with Gasteiger partial charge in [0.15, 0.2) is 0 Å². The van der Waals surface area contributed by atoms with Crippen molar-refractivity contribution >= 4 is 0 Å². The molecule has 33 heavy (non-hydrogen) atoms. The Morgan fingerprint density at radius 3 is 1.64 bits per heavy atom. The molecule has 0 nitrogen and oxygen atoms in total. The minimum absolute atomic E-state index is 0.515. The average molecular weight is 444 g/mol. The summed E-state index contributed by atoms with van der Waals surface area (Å²) in [6.45, 7) is 14.1. The quantitative estimate of drug-likeness (QED) is 0.416. The van der Waals surface area contributed by atoms with Crippen molar-refractivity contribution in [2.75, 3.05) is 0 Å². The molecule has 179 valence electrons. The van der Waals surface area contributed by atoms with E-state index in [1.165, 1.54) is 92.0 Å². The lowest BCUT2D eigenvalue weighted by molar-refractivity contribution is 0.418.